The number of aliphatic imine (C=N–C) groups is 1. The molecule has 1 aromatic carbocycles. The van der Waals surface area contributed by atoms with E-state index < -0.39 is 0 Å². The summed E-state index contributed by atoms with van der Waals surface area (Å²) in [6.45, 7) is 9.11. The van der Waals surface area contributed by atoms with Crippen molar-refractivity contribution in [3.05, 3.63) is 35.9 Å². The zero-order valence-electron chi connectivity index (χ0n) is 16.8. The van der Waals surface area contributed by atoms with Crippen molar-refractivity contribution in [2.24, 2.45) is 4.99 Å². The Morgan fingerprint density at radius 2 is 1.77 bits per heavy atom. The minimum absolute atomic E-state index is 0. The van der Waals surface area contributed by atoms with Crippen LogP contribution in [0.4, 0.5) is 0 Å². The summed E-state index contributed by atoms with van der Waals surface area (Å²) in [6, 6.07) is 11.0. The van der Waals surface area contributed by atoms with Gasteiger partial charge in [0.1, 0.15) is 0 Å². The van der Waals surface area contributed by atoms with Crippen LogP contribution in [0.15, 0.2) is 35.3 Å². The van der Waals surface area contributed by atoms with Crippen LogP contribution in [0.5, 0.6) is 0 Å². The van der Waals surface area contributed by atoms with E-state index in [0.717, 1.165) is 51.6 Å². The maximum Gasteiger partial charge on any atom is 0.191 e. The molecule has 0 aromatic heterocycles. The second-order valence-corrected chi connectivity index (χ2v) is 6.08. The van der Waals surface area contributed by atoms with Gasteiger partial charge in [-0.15, -0.1) is 24.0 Å². The minimum Gasteiger partial charge on any atom is -0.385 e. The van der Waals surface area contributed by atoms with Gasteiger partial charge in [-0.25, -0.2) is 0 Å². The van der Waals surface area contributed by atoms with Crippen LogP contribution >= 0.6 is 24.0 Å². The van der Waals surface area contributed by atoms with E-state index in [0.29, 0.717) is 6.04 Å². The largest absolute Gasteiger partial charge is 0.385 e. The number of unbranched alkanes of at least 4 members (excludes halogenated alkanes) is 2. The van der Waals surface area contributed by atoms with E-state index >= 15 is 0 Å². The van der Waals surface area contributed by atoms with Crippen LogP contribution in [0.1, 0.15) is 44.7 Å². The first-order chi connectivity index (χ1) is 12.3. The van der Waals surface area contributed by atoms with E-state index in [1.165, 1.54) is 12.0 Å². The first kappa shape index (κ1) is 25.1. The van der Waals surface area contributed by atoms with E-state index in [4.69, 9.17) is 4.74 Å². The fourth-order valence-electron chi connectivity index (χ4n) is 2.97. The lowest BCUT2D eigenvalue weighted by molar-refractivity contribution is 0.192. The average molecular weight is 476 g/mol. The molecule has 0 amide bonds. The van der Waals surface area contributed by atoms with E-state index in [-0.39, 0.29) is 24.0 Å². The summed E-state index contributed by atoms with van der Waals surface area (Å²) in [5.74, 6) is 0.875. The number of ether oxygens (including phenoxy) is 1. The van der Waals surface area contributed by atoms with Crippen molar-refractivity contribution in [1.82, 2.24) is 15.5 Å². The van der Waals surface area contributed by atoms with E-state index in [9.17, 15) is 0 Å². The molecule has 0 heterocycles. The second-order valence-electron chi connectivity index (χ2n) is 6.08. The van der Waals surface area contributed by atoms with Crippen LogP contribution in [0.25, 0.3) is 0 Å². The van der Waals surface area contributed by atoms with Crippen molar-refractivity contribution in [3.8, 4) is 0 Å². The highest BCUT2D eigenvalue weighted by atomic mass is 127. The molecule has 0 aliphatic heterocycles. The predicted molar refractivity (Wildman–Crippen MR) is 123 cm³/mol. The standard InChI is InChI=1S/C20H36N4O.HI/c1-5-24(6-2)19(18-13-9-7-10-14-18)17-23-20(21-3)22-15-11-8-12-16-25-4;/h7,9-10,13-14,19H,5-6,8,11-12,15-17H2,1-4H3,(H2,21,22,23);1H. The van der Waals surface area contributed by atoms with Gasteiger partial charge in [-0.05, 0) is 37.9 Å². The number of benzene rings is 1. The molecule has 1 rings (SSSR count). The summed E-state index contributed by atoms with van der Waals surface area (Å²) in [5.41, 5.74) is 1.34. The van der Waals surface area contributed by atoms with Gasteiger partial charge in [0.15, 0.2) is 5.96 Å². The lowest BCUT2D eigenvalue weighted by atomic mass is 10.1. The Balaban J connectivity index is 0.00000625. The number of guanidine groups is 1. The van der Waals surface area contributed by atoms with Crippen LogP contribution in [0, 0.1) is 0 Å². The number of methoxy groups -OCH3 is 1. The van der Waals surface area contributed by atoms with Crippen molar-refractivity contribution in [1.29, 1.82) is 0 Å². The smallest absolute Gasteiger partial charge is 0.191 e. The van der Waals surface area contributed by atoms with Crippen molar-refractivity contribution >= 4 is 29.9 Å². The van der Waals surface area contributed by atoms with Crippen molar-refractivity contribution < 1.29 is 4.74 Å². The number of likely N-dealkylation sites (N-methyl/N-ethyl adjacent to an activating group) is 1. The van der Waals surface area contributed by atoms with E-state index in [1.807, 2.05) is 7.05 Å². The Hall–Kier alpha value is -0.860. The highest BCUT2D eigenvalue weighted by Gasteiger charge is 2.17. The molecule has 6 heteroatoms. The molecule has 0 bridgehead atoms. The van der Waals surface area contributed by atoms with Gasteiger partial charge in [0.25, 0.3) is 0 Å². The van der Waals surface area contributed by atoms with E-state index in [1.54, 1.807) is 7.11 Å². The maximum atomic E-state index is 5.08. The number of hydrogen-bond donors (Lipinski definition) is 2. The first-order valence-electron chi connectivity index (χ1n) is 9.49. The van der Waals surface area contributed by atoms with Crippen LogP contribution in [0.3, 0.4) is 0 Å². The summed E-state index contributed by atoms with van der Waals surface area (Å²) < 4.78 is 5.08. The summed E-state index contributed by atoms with van der Waals surface area (Å²) in [7, 11) is 3.58. The lowest BCUT2D eigenvalue weighted by Gasteiger charge is -2.30. The SMILES string of the molecule is CCN(CC)C(CNC(=NC)NCCCCCOC)c1ccccc1.I. The number of rotatable bonds is 12. The molecular formula is C20H37IN4O. The third kappa shape index (κ3) is 9.73. The number of nitrogens with zero attached hydrogens (tertiary/aromatic N) is 2. The molecule has 2 N–H and O–H groups in total. The number of hydrogen-bond acceptors (Lipinski definition) is 3. The normalized spacial score (nSPS) is 12.6. The monoisotopic (exact) mass is 476 g/mol. The zero-order chi connectivity index (χ0) is 18.3. The fraction of sp³-hybridized carbons (Fsp3) is 0.650. The maximum absolute atomic E-state index is 5.08. The van der Waals surface area contributed by atoms with Gasteiger partial charge in [0.05, 0.1) is 6.04 Å². The highest BCUT2D eigenvalue weighted by Crippen LogP contribution is 2.19. The Morgan fingerprint density at radius 1 is 1.08 bits per heavy atom. The van der Waals surface area contributed by atoms with Crippen LogP contribution in [-0.2, 0) is 4.74 Å². The van der Waals surface area contributed by atoms with Crippen LogP contribution in [-0.4, -0.2) is 57.8 Å². The van der Waals surface area contributed by atoms with Gasteiger partial charge in [-0.1, -0.05) is 44.2 Å². The second kappa shape index (κ2) is 16.3. The first-order valence-corrected chi connectivity index (χ1v) is 9.49. The van der Waals surface area contributed by atoms with Gasteiger partial charge < -0.3 is 15.4 Å². The van der Waals surface area contributed by atoms with Crippen molar-refractivity contribution in [2.75, 3.05) is 46.9 Å². The number of nitrogens with one attached hydrogen (secondary N) is 2. The van der Waals surface area contributed by atoms with Crippen molar-refractivity contribution in [3.63, 3.8) is 0 Å². The molecule has 0 saturated carbocycles. The quantitative estimate of drug-likeness (QED) is 0.209. The predicted octanol–water partition coefficient (Wildman–Crippen LogP) is 3.67. The topological polar surface area (TPSA) is 48.9 Å². The van der Waals surface area contributed by atoms with Gasteiger partial charge in [0, 0.05) is 33.9 Å². The molecule has 26 heavy (non-hydrogen) atoms. The molecule has 0 aliphatic carbocycles. The van der Waals surface area contributed by atoms with Gasteiger partial charge >= 0.3 is 0 Å². The Morgan fingerprint density at radius 3 is 2.35 bits per heavy atom. The highest BCUT2D eigenvalue weighted by molar-refractivity contribution is 14.0. The molecule has 5 nitrogen and oxygen atoms in total. The third-order valence-electron chi connectivity index (χ3n) is 4.44. The third-order valence-corrected chi connectivity index (χ3v) is 4.44. The summed E-state index contributed by atoms with van der Waals surface area (Å²) in [4.78, 5) is 6.82. The fourth-order valence-corrected chi connectivity index (χ4v) is 2.97. The zero-order valence-corrected chi connectivity index (χ0v) is 19.2. The Labute approximate surface area is 177 Å². The van der Waals surface area contributed by atoms with Gasteiger partial charge in [-0.2, -0.15) is 0 Å². The number of halogens is 1. The van der Waals surface area contributed by atoms with E-state index in [2.05, 4.69) is 64.7 Å². The molecule has 0 radical (unpaired) electrons. The summed E-state index contributed by atoms with van der Waals surface area (Å²) in [5, 5.41) is 6.90. The van der Waals surface area contributed by atoms with Gasteiger partial charge in [0.2, 0.25) is 0 Å². The molecular weight excluding hydrogens is 439 g/mol. The minimum atomic E-state index is 0. The summed E-state index contributed by atoms with van der Waals surface area (Å²) >= 11 is 0. The molecule has 1 atom stereocenters. The van der Waals surface area contributed by atoms with Gasteiger partial charge in [-0.3, -0.25) is 9.89 Å². The molecule has 1 aromatic rings. The average Bonchev–Trinajstić information content (AvgIpc) is 2.66. The molecule has 1 unspecified atom stereocenters. The van der Waals surface area contributed by atoms with Crippen molar-refractivity contribution in [2.45, 2.75) is 39.2 Å². The van der Waals surface area contributed by atoms with Crippen LogP contribution < -0.4 is 10.6 Å². The Bertz CT molecular complexity index is 466. The summed E-state index contributed by atoms with van der Waals surface area (Å²) in [6.07, 6.45) is 3.41. The molecule has 0 aliphatic rings. The molecule has 0 fully saturated rings. The molecule has 0 saturated heterocycles. The Kier molecular flexibility index (Phi) is 15.8. The van der Waals surface area contributed by atoms with Crippen LogP contribution in [0.2, 0.25) is 0 Å². The lowest BCUT2D eigenvalue weighted by Crippen LogP contribution is -2.43. The molecule has 0 spiro atoms. The molecule has 150 valence electrons.